The number of hydrogen-bond acceptors (Lipinski definition) is 3. The molecule has 1 amide bonds. The molecular formula is C17H13ClN2OS. The van der Waals surface area contributed by atoms with E-state index in [4.69, 9.17) is 11.6 Å². The Morgan fingerprint density at radius 1 is 1.18 bits per heavy atom. The predicted octanol–water partition coefficient (Wildman–Crippen LogP) is 4.86. The third kappa shape index (κ3) is 3.08. The zero-order valence-corrected chi connectivity index (χ0v) is 13.4. The highest BCUT2D eigenvalue weighted by Crippen LogP contribution is 2.24. The average molecular weight is 329 g/mol. The number of anilines is 1. The largest absolute Gasteiger partial charge is 0.321 e. The molecule has 0 aliphatic rings. The summed E-state index contributed by atoms with van der Waals surface area (Å²) in [5, 5.41) is 4.26. The molecule has 3 rings (SSSR count). The van der Waals surface area contributed by atoms with Gasteiger partial charge in [0.1, 0.15) is 0 Å². The summed E-state index contributed by atoms with van der Waals surface area (Å²) in [6, 6.07) is 15.1. The lowest BCUT2D eigenvalue weighted by molar-refractivity contribution is 0.102. The molecule has 3 nitrogen and oxygen atoms in total. The Bertz CT molecular complexity index is 851. The quantitative estimate of drug-likeness (QED) is 0.698. The molecule has 1 aromatic heterocycles. The number of thioether (sulfide) groups is 1. The van der Waals surface area contributed by atoms with Gasteiger partial charge < -0.3 is 5.32 Å². The van der Waals surface area contributed by atoms with Crippen LogP contribution in [0.15, 0.2) is 59.6 Å². The molecule has 3 aromatic rings. The fourth-order valence-electron chi connectivity index (χ4n) is 2.14. The summed E-state index contributed by atoms with van der Waals surface area (Å²) in [5.74, 6) is -0.238. The molecule has 0 saturated heterocycles. The first-order valence-corrected chi connectivity index (χ1v) is 8.27. The molecule has 110 valence electrons. The van der Waals surface area contributed by atoms with Gasteiger partial charge in [-0.05, 0) is 36.6 Å². The smallest absolute Gasteiger partial charge is 0.257 e. The molecule has 0 aliphatic heterocycles. The molecule has 1 heterocycles. The Morgan fingerprint density at radius 3 is 2.82 bits per heavy atom. The first-order chi connectivity index (χ1) is 10.7. The number of para-hydroxylation sites is 1. The van der Waals surface area contributed by atoms with Crippen molar-refractivity contribution in [1.82, 2.24) is 4.98 Å². The summed E-state index contributed by atoms with van der Waals surface area (Å²) >= 11 is 7.69. The van der Waals surface area contributed by atoms with Gasteiger partial charge in [-0.1, -0.05) is 29.8 Å². The predicted molar refractivity (Wildman–Crippen MR) is 92.9 cm³/mol. The van der Waals surface area contributed by atoms with E-state index < -0.39 is 0 Å². The van der Waals surface area contributed by atoms with E-state index in [9.17, 15) is 4.79 Å². The van der Waals surface area contributed by atoms with Crippen LogP contribution in [-0.2, 0) is 0 Å². The van der Waals surface area contributed by atoms with Crippen LogP contribution in [0.25, 0.3) is 10.9 Å². The molecule has 2 aromatic carbocycles. The van der Waals surface area contributed by atoms with Crippen LogP contribution in [-0.4, -0.2) is 17.1 Å². The summed E-state index contributed by atoms with van der Waals surface area (Å²) in [7, 11) is 0. The molecule has 0 unspecified atom stereocenters. The van der Waals surface area contributed by atoms with Crippen molar-refractivity contribution < 1.29 is 4.79 Å². The second kappa shape index (κ2) is 6.38. The summed E-state index contributed by atoms with van der Waals surface area (Å²) in [6.07, 6.45) is 3.60. The van der Waals surface area contributed by atoms with E-state index in [0.29, 0.717) is 16.3 Å². The van der Waals surface area contributed by atoms with E-state index in [2.05, 4.69) is 10.3 Å². The first kappa shape index (κ1) is 14.9. The van der Waals surface area contributed by atoms with Crippen molar-refractivity contribution in [2.24, 2.45) is 0 Å². The number of hydrogen-bond donors (Lipinski definition) is 1. The molecule has 0 atom stereocenters. The van der Waals surface area contributed by atoms with Gasteiger partial charge in [0.2, 0.25) is 0 Å². The number of fused-ring (bicyclic) bond motifs is 1. The number of carbonyl (C=O) groups is 1. The maximum Gasteiger partial charge on any atom is 0.257 e. The second-order valence-corrected chi connectivity index (χ2v) is 6.00. The topological polar surface area (TPSA) is 42.0 Å². The standard InChI is InChI=1S/C17H13ClN2OS/c1-22-13-6-7-15(18)14(9-13)17(21)20-12-8-11-4-2-3-5-16(11)19-10-12/h2-10H,1H3,(H,20,21). The number of carbonyl (C=O) groups excluding carboxylic acids is 1. The Kier molecular flexibility index (Phi) is 4.32. The van der Waals surface area contributed by atoms with Gasteiger partial charge in [-0.3, -0.25) is 9.78 Å². The van der Waals surface area contributed by atoms with Crippen LogP contribution in [0.3, 0.4) is 0 Å². The number of rotatable bonds is 3. The van der Waals surface area contributed by atoms with E-state index in [1.807, 2.05) is 42.7 Å². The van der Waals surface area contributed by atoms with Crippen LogP contribution in [0.2, 0.25) is 5.02 Å². The summed E-state index contributed by atoms with van der Waals surface area (Å²) in [6.45, 7) is 0. The minimum absolute atomic E-state index is 0.238. The van der Waals surface area contributed by atoms with Gasteiger partial charge in [0.15, 0.2) is 0 Å². The summed E-state index contributed by atoms with van der Waals surface area (Å²) < 4.78 is 0. The number of nitrogens with one attached hydrogen (secondary N) is 1. The van der Waals surface area contributed by atoms with Gasteiger partial charge in [-0.25, -0.2) is 0 Å². The van der Waals surface area contributed by atoms with Gasteiger partial charge in [-0.15, -0.1) is 11.8 Å². The molecule has 0 saturated carbocycles. The van der Waals surface area contributed by atoms with E-state index in [-0.39, 0.29) is 5.91 Å². The average Bonchev–Trinajstić information content (AvgIpc) is 2.55. The molecule has 0 radical (unpaired) electrons. The maximum absolute atomic E-state index is 12.4. The highest BCUT2D eigenvalue weighted by molar-refractivity contribution is 7.98. The minimum Gasteiger partial charge on any atom is -0.321 e. The number of amides is 1. The molecule has 5 heteroatoms. The van der Waals surface area contributed by atoms with E-state index in [0.717, 1.165) is 15.8 Å². The monoisotopic (exact) mass is 328 g/mol. The van der Waals surface area contributed by atoms with Crippen molar-refractivity contribution in [3.8, 4) is 0 Å². The zero-order valence-electron chi connectivity index (χ0n) is 11.8. The van der Waals surface area contributed by atoms with Gasteiger partial charge >= 0.3 is 0 Å². The van der Waals surface area contributed by atoms with Crippen LogP contribution < -0.4 is 5.32 Å². The van der Waals surface area contributed by atoms with E-state index in [1.165, 1.54) is 0 Å². The van der Waals surface area contributed by atoms with Crippen molar-refractivity contribution in [1.29, 1.82) is 0 Å². The van der Waals surface area contributed by atoms with Crippen molar-refractivity contribution in [3.05, 3.63) is 65.3 Å². The van der Waals surface area contributed by atoms with Gasteiger partial charge in [0.05, 0.1) is 28.0 Å². The Morgan fingerprint density at radius 2 is 2.00 bits per heavy atom. The maximum atomic E-state index is 12.4. The van der Waals surface area contributed by atoms with Crippen LogP contribution in [0.1, 0.15) is 10.4 Å². The van der Waals surface area contributed by atoms with Crippen LogP contribution >= 0.6 is 23.4 Å². The van der Waals surface area contributed by atoms with Crippen molar-refractivity contribution in [3.63, 3.8) is 0 Å². The molecule has 0 bridgehead atoms. The third-order valence-electron chi connectivity index (χ3n) is 3.27. The Balaban J connectivity index is 1.89. The van der Waals surface area contributed by atoms with E-state index in [1.54, 1.807) is 30.1 Å². The summed E-state index contributed by atoms with van der Waals surface area (Å²) in [5.41, 5.74) is 2.00. The molecule has 0 aliphatic carbocycles. The van der Waals surface area contributed by atoms with Crippen molar-refractivity contribution >= 4 is 45.9 Å². The lowest BCUT2D eigenvalue weighted by atomic mass is 10.2. The Hall–Kier alpha value is -2.04. The number of aromatic nitrogens is 1. The zero-order chi connectivity index (χ0) is 15.5. The number of benzene rings is 2. The van der Waals surface area contributed by atoms with Crippen molar-refractivity contribution in [2.45, 2.75) is 4.90 Å². The highest BCUT2D eigenvalue weighted by atomic mass is 35.5. The minimum atomic E-state index is -0.238. The number of halogens is 1. The Labute approximate surface area is 137 Å². The van der Waals surface area contributed by atoms with Gasteiger partial charge in [-0.2, -0.15) is 0 Å². The molecule has 1 N–H and O–H groups in total. The lowest BCUT2D eigenvalue weighted by Crippen LogP contribution is -2.12. The first-order valence-electron chi connectivity index (χ1n) is 6.67. The van der Waals surface area contributed by atoms with Gasteiger partial charge in [0.25, 0.3) is 5.91 Å². The molecule has 0 spiro atoms. The van der Waals surface area contributed by atoms with Crippen LogP contribution in [0, 0.1) is 0 Å². The van der Waals surface area contributed by atoms with Crippen LogP contribution in [0.5, 0.6) is 0 Å². The fraction of sp³-hybridized carbons (Fsp3) is 0.0588. The molecule has 0 fully saturated rings. The molecular weight excluding hydrogens is 316 g/mol. The normalized spacial score (nSPS) is 10.6. The number of nitrogens with zero attached hydrogens (tertiary/aromatic N) is 1. The SMILES string of the molecule is CSc1ccc(Cl)c(C(=O)Nc2cnc3ccccc3c2)c1. The lowest BCUT2D eigenvalue weighted by Gasteiger charge is -2.08. The highest BCUT2D eigenvalue weighted by Gasteiger charge is 2.12. The van der Waals surface area contributed by atoms with Gasteiger partial charge in [0, 0.05) is 10.3 Å². The van der Waals surface area contributed by atoms with Crippen LogP contribution in [0.4, 0.5) is 5.69 Å². The number of pyridine rings is 1. The third-order valence-corrected chi connectivity index (χ3v) is 4.32. The fourth-order valence-corrected chi connectivity index (χ4v) is 2.79. The molecule has 22 heavy (non-hydrogen) atoms. The summed E-state index contributed by atoms with van der Waals surface area (Å²) in [4.78, 5) is 17.7. The van der Waals surface area contributed by atoms with E-state index >= 15 is 0 Å². The second-order valence-electron chi connectivity index (χ2n) is 4.72. The van der Waals surface area contributed by atoms with Crippen molar-refractivity contribution in [2.75, 3.05) is 11.6 Å².